The van der Waals surface area contributed by atoms with Gasteiger partial charge in [0.25, 0.3) is 6.85 Å². The Hall–Kier alpha value is -1.53. The van der Waals surface area contributed by atoms with E-state index >= 15 is 0 Å². The van der Waals surface area contributed by atoms with Gasteiger partial charge < -0.3 is 4.52 Å². The second-order valence-corrected chi connectivity index (χ2v) is 10.9. The minimum atomic E-state index is -1.55. The number of halogens is 2. The summed E-state index contributed by atoms with van der Waals surface area (Å²) < 4.78 is 5.82. The normalized spacial score (nSPS) is 12.2. The second kappa shape index (κ2) is 8.46. The van der Waals surface area contributed by atoms with Gasteiger partial charge in [0.1, 0.15) is 5.75 Å². The zero-order valence-corrected chi connectivity index (χ0v) is 19.0. The Balaban J connectivity index is 2.15. The molecule has 0 saturated heterocycles. The Labute approximate surface area is 179 Å². The molecule has 3 aromatic carbocycles. The Morgan fingerprint density at radius 1 is 0.643 bits per heavy atom. The van der Waals surface area contributed by atoms with Crippen LogP contribution < -0.4 is 4.52 Å². The molecule has 3 aromatic rings. The first kappa shape index (κ1) is 21.2. The van der Waals surface area contributed by atoms with Gasteiger partial charge in [0.05, 0.1) is 0 Å². The molecule has 0 unspecified atom stereocenters. The second-order valence-electron chi connectivity index (χ2n) is 7.99. The van der Waals surface area contributed by atoms with Crippen LogP contribution in [-0.2, 0) is 10.8 Å². The average molecular weight is 431 g/mol. The lowest BCUT2D eigenvalue weighted by molar-refractivity contribution is 0.563. The van der Waals surface area contributed by atoms with Crippen LogP contribution in [0.1, 0.15) is 49.9 Å². The maximum atomic E-state index is 6.01. The minimum absolute atomic E-state index is 0.145. The lowest BCUT2D eigenvalue weighted by Gasteiger charge is -2.32. The van der Waals surface area contributed by atoms with Crippen LogP contribution in [0.4, 0.5) is 0 Å². The Bertz CT molecular complexity index is 922. The van der Waals surface area contributed by atoms with Crippen molar-refractivity contribution >= 4 is 29.3 Å². The third-order valence-corrected chi connectivity index (χ3v) is 6.28. The van der Waals surface area contributed by atoms with Crippen LogP contribution in [0, 0.1) is 0 Å². The molecule has 1 nitrogen and oxygen atoms in total. The first-order chi connectivity index (χ1) is 13.2. The molecule has 3 rings (SSSR count). The van der Waals surface area contributed by atoms with E-state index < -0.39 is 6.85 Å². The van der Waals surface area contributed by atoms with Crippen LogP contribution in [-0.4, -0.2) is 0 Å². The number of hydrogen-bond donors (Lipinski definition) is 0. The van der Waals surface area contributed by atoms with Crippen molar-refractivity contribution in [3.8, 4) is 5.75 Å². The monoisotopic (exact) mass is 430 g/mol. The van der Waals surface area contributed by atoms with Crippen LogP contribution in [0.15, 0.2) is 78.9 Å². The van der Waals surface area contributed by atoms with Crippen molar-refractivity contribution in [2.45, 2.75) is 38.5 Å². The fraction of sp³-hybridized carbons (Fsp3) is 0.250. The maximum Gasteiger partial charge on any atom is 0.284 e. The van der Waals surface area contributed by atoms with Crippen molar-refractivity contribution in [2.75, 3.05) is 0 Å². The smallest absolute Gasteiger partial charge is 0.284 e. The Morgan fingerprint density at radius 3 is 1.64 bits per heavy atom. The van der Waals surface area contributed by atoms with E-state index in [9.17, 15) is 0 Å². The van der Waals surface area contributed by atoms with Crippen molar-refractivity contribution in [1.29, 1.82) is 0 Å². The highest BCUT2D eigenvalue weighted by Gasteiger charge is 2.31. The first-order valence-electron chi connectivity index (χ1n) is 9.28. The summed E-state index contributed by atoms with van der Waals surface area (Å²) in [6.45, 7) is 7.35. The van der Waals surface area contributed by atoms with Gasteiger partial charge in [-0.3, -0.25) is 0 Å². The molecule has 0 bridgehead atoms. The summed E-state index contributed by atoms with van der Waals surface area (Å²) in [5, 5.41) is 0. The van der Waals surface area contributed by atoms with Gasteiger partial charge in [0.2, 0.25) is 0 Å². The summed E-state index contributed by atoms with van der Waals surface area (Å²) in [4.78, 5) is 0. The number of benzene rings is 3. The van der Waals surface area contributed by atoms with Crippen LogP contribution >= 0.6 is 29.3 Å². The fourth-order valence-electron chi connectivity index (χ4n) is 3.59. The maximum absolute atomic E-state index is 6.01. The van der Waals surface area contributed by atoms with E-state index in [-0.39, 0.29) is 10.8 Å². The zero-order valence-electron chi connectivity index (χ0n) is 16.6. The molecule has 0 heterocycles. The van der Waals surface area contributed by atoms with Crippen LogP contribution in [0.25, 0.3) is 0 Å². The fourth-order valence-corrected chi connectivity index (χ4v) is 4.35. The number of rotatable bonds is 6. The summed E-state index contributed by atoms with van der Waals surface area (Å²) in [5.74, 6) is 0.734. The summed E-state index contributed by atoms with van der Waals surface area (Å²) in [6, 6.07) is 27.3. The van der Waals surface area contributed by atoms with Gasteiger partial charge in [0, 0.05) is 16.4 Å². The van der Waals surface area contributed by atoms with Crippen LogP contribution in [0.5, 0.6) is 5.75 Å². The molecule has 4 heteroatoms. The van der Waals surface area contributed by atoms with Gasteiger partial charge in [-0.25, -0.2) is 0 Å². The highest BCUT2D eigenvalue weighted by atomic mass is 35.9. The molecule has 0 radical (unpaired) electrons. The average Bonchev–Trinajstić information content (AvgIpc) is 2.69. The highest BCUT2D eigenvalue weighted by Crippen LogP contribution is 2.51. The molecule has 0 fully saturated rings. The van der Waals surface area contributed by atoms with Gasteiger partial charge in [0.15, 0.2) is 0 Å². The van der Waals surface area contributed by atoms with Crippen molar-refractivity contribution in [3.05, 3.63) is 101 Å². The minimum Gasteiger partial charge on any atom is -0.444 e. The van der Waals surface area contributed by atoms with Gasteiger partial charge in [-0.1, -0.05) is 100 Å². The molecule has 0 aromatic heterocycles. The van der Waals surface area contributed by atoms with Crippen LogP contribution in [0.3, 0.4) is 0 Å². The molecule has 0 atom stereocenters. The van der Waals surface area contributed by atoms with Gasteiger partial charge in [-0.05, 0) is 45.2 Å². The van der Waals surface area contributed by atoms with E-state index in [2.05, 4.69) is 88.4 Å². The van der Waals surface area contributed by atoms with Crippen molar-refractivity contribution in [2.24, 2.45) is 0 Å². The molecule has 0 aliphatic carbocycles. The zero-order chi connectivity index (χ0) is 20.4. The van der Waals surface area contributed by atoms with Crippen molar-refractivity contribution in [1.82, 2.24) is 0 Å². The quantitative estimate of drug-likeness (QED) is 0.356. The van der Waals surface area contributed by atoms with Crippen molar-refractivity contribution < 1.29 is 4.52 Å². The van der Waals surface area contributed by atoms with Gasteiger partial charge >= 0.3 is 0 Å². The van der Waals surface area contributed by atoms with Gasteiger partial charge in [-0.15, -0.1) is 0 Å². The number of hydrogen-bond acceptors (Lipinski definition) is 1. The highest BCUT2D eigenvalue weighted by molar-refractivity contribution is 8.00. The van der Waals surface area contributed by atoms with Crippen LogP contribution in [0.2, 0.25) is 0 Å². The topological polar surface area (TPSA) is 9.23 Å². The predicted octanol–water partition coefficient (Wildman–Crippen LogP) is 8.42. The van der Waals surface area contributed by atoms with E-state index in [1.54, 1.807) is 0 Å². The SMILES string of the molecule is CC(C)(c1ccccc1)c1ccc(OP(Cl)Cl)c(C(C)(C)c2ccccc2)c1. The molecule has 0 aliphatic rings. The van der Waals surface area contributed by atoms with Crippen molar-refractivity contribution in [3.63, 3.8) is 0 Å². The molecule has 0 aliphatic heterocycles. The van der Waals surface area contributed by atoms with E-state index in [4.69, 9.17) is 27.0 Å². The molecule has 0 spiro atoms. The summed E-state index contributed by atoms with van der Waals surface area (Å²) in [5.41, 5.74) is 4.37. The molecule has 28 heavy (non-hydrogen) atoms. The first-order valence-corrected chi connectivity index (χ1v) is 12.4. The third kappa shape index (κ3) is 4.38. The lowest BCUT2D eigenvalue weighted by atomic mass is 9.73. The van der Waals surface area contributed by atoms with Gasteiger partial charge in [-0.2, -0.15) is 0 Å². The third-order valence-electron chi connectivity index (χ3n) is 5.53. The van der Waals surface area contributed by atoms with E-state index in [0.29, 0.717) is 0 Å². The lowest BCUT2D eigenvalue weighted by Crippen LogP contribution is -2.23. The predicted molar refractivity (Wildman–Crippen MR) is 123 cm³/mol. The molecule has 0 saturated carbocycles. The summed E-state index contributed by atoms with van der Waals surface area (Å²) >= 11 is 12.0. The summed E-state index contributed by atoms with van der Waals surface area (Å²) in [6.07, 6.45) is 0. The largest absolute Gasteiger partial charge is 0.444 e. The van der Waals surface area contributed by atoms with E-state index in [1.807, 2.05) is 18.2 Å². The molecule has 0 amide bonds. The summed E-state index contributed by atoms with van der Waals surface area (Å²) in [7, 11) is 0. The Kier molecular flexibility index (Phi) is 6.40. The standard InChI is InChI=1S/C24H25Cl2OP/c1-23(2,18-11-7-5-8-12-18)20-15-16-22(27-28(25)26)21(17-20)24(3,4)19-13-9-6-10-14-19/h5-17H,1-4H3. The molecular weight excluding hydrogens is 406 g/mol. The molecule has 146 valence electrons. The molecular formula is C24H25Cl2OP. The Morgan fingerprint density at radius 2 is 1.14 bits per heavy atom. The molecule has 0 N–H and O–H groups in total. The van der Waals surface area contributed by atoms with E-state index in [0.717, 1.165) is 11.3 Å². The van der Waals surface area contributed by atoms with E-state index in [1.165, 1.54) is 16.7 Å².